The van der Waals surface area contributed by atoms with E-state index in [1.165, 1.54) is 11.3 Å². The smallest absolute Gasteiger partial charge is 0.250 e. The van der Waals surface area contributed by atoms with Crippen LogP contribution in [-0.4, -0.2) is 37.6 Å². The van der Waals surface area contributed by atoms with Crippen molar-refractivity contribution in [3.8, 4) is 0 Å². The fraction of sp³-hybridized carbons (Fsp3) is 0.533. The van der Waals surface area contributed by atoms with E-state index in [0.29, 0.717) is 4.21 Å². The van der Waals surface area contributed by atoms with E-state index in [9.17, 15) is 8.42 Å². The van der Waals surface area contributed by atoms with Crippen molar-refractivity contribution in [2.75, 3.05) is 13.1 Å². The van der Waals surface area contributed by atoms with E-state index >= 15 is 0 Å². The summed E-state index contributed by atoms with van der Waals surface area (Å²) in [7, 11) is -3.37. The summed E-state index contributed by atoms with van der Waals surface area (Å²) in [5, 5.41) is 5.76. The van der Waals surface area contributed by atoms with Crippen molar-refractivity contribution in [1.29, 1.82) is 0 Å². The van der Waals surface area contributed by atoms with Gasteiger partial charge in [-0.3, -0.25) is 4.90 Å². The maximum atomic E-state index is 12.3. The number of likely N-dealkylation sites (tertiary alicyclic amines) is 1. The van der Waals surface area contributed by atoms with Crippen LogP contribution < -0.4 is 4.72 Å². The monoisotopic (exact) mass is 355 g/mol. The second-order valence-electron chi connectivity index (χ2n) is 5.91. The normalized spacial score (nSPS) is 17.7. The van der Waals surface area contributed by atoms with E-state index in [2.05, 4.69) is 14.8 Å². The standard InChI is InChI=1S/C15H21N3O3S2/c1-11-14(12(2)21-16-11)10-18-7-5-13(6-8-18)17-23(19,20)15-4-3-9-22-15/h3-4,9,13,17H,5-8,10H2,1-2H3. The molecule has 3 heterocycles. The van der Waals surface area contributed by atoms with Gasteiger partial charge in [0.05, 0.1) is 5.69 Å². The molecule has 3 rings (SSSR count). The Balaban J connectivity index is 1.55. The summed E-state index contributed by atoms with van der Waals surface area (Å²) in [6, 6.07) is 3.40. The van der Waals surface area contributed by atoms with E-state index in [1.807, 2.05) is 13.8 Å². The highest BCUT2D eigenvalue weighted by molar-refractivity contribution is 7.91. The summed E-state index contributed by atoms with van der Waals surface area (Å²) < 4.78 is 32.9. The Morgan fingerprint density at radius 1 is 1.39 bits per heavy atom. The van der Waals surface area contributed by atoms with Gasteiger partial charge in [-0.25, -0.2) is 13.1 Å². The van der Waals surface area contributed by atoms with Gasteiger partial charge in [-0.2, -0.15) is 0 Å². The van der Waals surface area contributed by atoms with E-state index in [0.717, 1.165) is 49.5 Å². The Bertz CT molecular complexity index is 726. The van der Waals surface area contributed by atoms with Gasteiger partial charge in [-0.05, 0) is 38.1 Å². The number of nitrogens with zero attached hydrogens (tertiary/aromatic N) is 2. The van der Waals surface area contributed by atoms with Gasteiger partial charge in [0, 0.05) is 31.2 Å². The lowest BCUT2D eigenvalue weighted by molar-refractivity contribution is 0.199. The Morgan fingerprint density at radius 3 is 2.70 bits per heavy atom. The molecule has 23 heavy (non-hydrogen) atoms. The van der Waals surface area contributed by atoms with Crippen molar-refractivity contribution in [2.24, 2.45) is 0 Å². The molecule has 6 nitrogen and oxygen atoms in total. The molecule has 0 aliphatic carbocycles. The number of piperidine rings is 1. The van der Waals surface area contributed by atoms with Gasteiger partial charge in [-0.15, -0.1) is 11.3 Å². The third kappa shape index (κ3) is 3.82. The molecule has 1 fully saturated rings. The molecule has 2 aromatic heterocycles. The van der Waals surface area contributed by atoms with Crippen LogP contribution in [0.5, 0.6) is 0 Å². The van der Waals surface area contributed by atoms with Crippen LogP contribution in [0.1, 0.15) is 29.9 Å². The van der Waals surface area contributed by atoms with E-state index in [-0.39, 0.29) is 6.04 Å². The average molecular weight is 355 g/mol. The van der Waals surface area contributed by atoms with Gasteiger partial charge in [0.15, 0.2) is 0 Å². The van der Waals surface area contributed by atoms with E-state index < -0.39 is 10.0 Å². The van der Waals surface area contributed by atoms with Gasteiger partial charge in [0.1, 0.15) is 9.97 Å². The predicted molar refractivity (Wildman–Crippen MR) is 88.9 cm³/mol. The maximum Gasteiger partial charge on any atom is 0.250 e. The molecule has 0 spiro atoms. The van der Waals surface area contributed by atoms with Crippen molar-refractivity contribution in [3.05, 3.63) is 34.5 Å². The largest absolute Gasteiger partial charge is 0.361 e. The highest BCUT2D eigenvalue weighted by atomic mass is 32.2. The number of hydrogen-bond acceptors (Lipinski definition) is 6. The van der Waals surface area contributed by atoms with Gasteiger partial charge in [0.2, 0.25) is 10.0 Å². The zero-order valence-electron chi connectivity index (χ0n) is 13.3. The lowest BCUT2D eigenvalue weighted by atomic mass is 10.1. The molecule has 126 valence electrons. The summed E-state index contributed by atoms with van der Waals surface area (Å²) in [5.41, 5.74) is 2.07. The molecule has 0 saturated carbocycles. The molecule has 0 bridgehead atoms. The molecule has 0 radical (unpaired) electrons. The van der Waals surface area contributed by atoms with Crippen molar-refractivity contribution in [1.82, 2.24) is 14.8 Å². The summed E-state index contributed by atoms with van der Waals surface area (Å²) in [4.78, 5) is 2.32. The Labute approximate surface area is 140 Å². The number of aromatic nitrogens is 1. The molecule has 0 unspecified atom stereocenters. The minimum absolute atomic E-state index is 0.00280. The number of hydrogen-bond donors (Lipinski definition) is 1. The molecule has 2 aromatic rings. The first-order valence-corrected chi connectivity index (χ1v) is 10.0. The third-order valence-electron chi connectivity index (χ3n) is 4.23. The van der Waals surface area contributed by atoms with Crippen LogP contribution in [0.4, 0.5) is 0 Å². The highest BCUT2D eigenvalue weighted by Crippen LogP contribution is 2.21. The highest BCUT2D eigenvalue weighted by Gasteiger charge is 2.26. The number of aryl methyl sites for hydroxylation is 2. The van der Waals surface area contributed by atoms with Crippen LogP contribution in [0.3, 0.4) is 0 Å². The van der Waals surface area contributed by atoms with Crippen molar-refractivity contribution in [3.63, 3.8) is 0 Å². The molecule has 8 heteroatoms. The molecule has 1 N–H and O–H groups in total. The SMILES string of the molecule is Cc1noc(C)c1CN1CCC(NS(=O)(=O)c2cccs2)CC1. The summed E-state index contributed by atoms with van der Waals surface area (Å²) >= 11 is 1.25. The summed E-state index contributed by atoms with van der Waals surface area (Å²) in [6.45, 7) is 6.42. The Hall–Kier alpha value is -1.22. The van der Waals surface area contributed by atoms with Crippen molar-refractivity contribution < 1.29 is 12.9 Å². The van der Waals surface area contributed by atoms with Gasteiger partial charge in [0.25, 0.3) is 0 Å². The van der Waals surface area contributed by atoms with Gasteiger partial charge in [-0.1, -0.05) is 11.2 Å². The molecular formula is C15H21N3O3S2. The molecule has 0 amide bonds. The average Bonchev–Trinajstić information content (AvgIpc) is 3.15. The van der Waals surface area contributed by atoms with E-state index in [1.54, 1.807) is 17.5 Å². The second kappa shape index (κ2) is 6.72. The molecule has 0 aromatic carbocycles. The number of rotatable bonds is 5. The number of sulfonamides is 1. The first kappa shape index (κ1) is 16.6. The van der Waals surface area contributed by atoms with E-state index in [4.69, 9.17) is 4.52 Å². The van der Waals surface area contributed by atoms with Gasteiger partial charge >= 0.3 is 0 Å². The Morgan fingerprint density at radius 2 is 2.13 bits per heavy atom. The maximum absolute atomic E-state index is 12.3. The Kier molecular flexibility index (Phi) is 4.86. The van der Waals surface area contributed by atoms with Crippen LogP contribution in [0, 0.1) is 13.8 Å². The predicted octanol–water partition coefficient (Wildman–Crippen LogP) is 2.30. The molecule has 1 aliphatic heterocycles. The van der Waals surface area contributed by atoms with Crippen LogP contribution >= 0.6 is 11.3 Å². The lowest BCUT2D eigenvalue weighted by Gasteiger charge is -2.32. The van der Waals surface area contributed by atoms with Crippen molar-refractivity contribution >= 4 is 21.4 Å². The van der Waals surface area contributed by atoms with Crippen molar-refractivity contribution in [2.45, 2.75) is 43.5 Å². The van der Waals surface area contributed by atoms with Crippen LogP contribution in [-0.2, 0) is 16.6 Å². The zero-order valence-corrected chi connectivity index (χ0v) is 14.9. The lowest BCUT2D eigenvalue weighted by Crippen LogP contribution is -2.44. The minimum atomic E-state index is -3.37. The molecule has 0 atom stereocenters. The molecule has 1 aliphatic rings. The quantitative estimate of drug-likeness (QED) is 0.891. The summed E-state index contributed by atoms with van der Waals surface area (Å²) in [6.07, 6.45) is 1.63. The van der Waals surface area contributed by atoms with Crippen LogP contribution in [0.15, 0.2) is 26.2 Å². The van der Waals surface area contributed by atoms with Gasteiger partial charge < -0.3 is 4.52 Å². The first-order valence-electron chi connectivity index (χ1n) is 7.65. The number of thiophene rings is 1. The zero-order chi connectivity index (χ0) is 16.4. The van der Waals surface area contributed by atoms with Crippen LogP contribution in [0.25, 0.3) is 0 Å². The summed E-state index contributed by atoms with van der Waals surface area (Å²) in [5.74, 6) is 0.864. The fourth-order valence-corrected chi connectivity index (χ4v) is 5.17. The van der Waals surface area contributed by atoms with Crippen LogP contribution in [0.2, 0.25) is 0 Å². The second-order valence-corrected chi connectivity index (χ2v) is 8.80. The molecule has 1 saturated heterocycles. The third-order valence-corrected chi connectivity index (χ3v) is 7.15. The topological polar surface area (TPSA) is 75.4 Å². The first-order chi connectivity index (χ1) is 11.0. The fourth-order valence-electron chi connectivity index (χ4n) is 2.85. The molecular weight excluding hydrogens is 334 g/mol. The number of nitrogens with one attached hydrogen (secondary N) is 1. The minimum Gasteiger partial charge on any atom is -0.361 e.